The Morgan fingerprint density at radius 3 is 2.41 bits per heavy atom. The Balaban J connectivity index is 1.60. The van der Waals surface area contributed by atoms with E-state index in [1.165, 1.54) is 24.9 Å². The summed E-state index contributed by atoms with van der Waals surface area (Å²) in [5, 5.41) is 5.47. The first-order valence-corrected chi connectivity index (χ1v) is 9.27. The standard InChI is InChI=1S/C21H21BN4O3/c1-14(27)25-19-11-21(24-13-23-19)29-18-8-6-17(7-9-18)26-20(28)10-15-4-2-3-5-16(15)12-22/h2-9,11,13H,10,12,22H2,1H3,(H,26,28)(H,23,24,25,27). The maximum atomic E-state index is 12.4. The average Bonchev–Trinajstić information content (AvgIpc) is 2.69. The van der Waals surface area contributed by atoms with Gasteiger partial charge in [0.05, 0.1) is 6.42 Å². The van der Waals surface area contributed by atoms with Crippen molar-refractivity contribution in [3.05, 3.63) is 72.1 Å². The number of ether oxygens (including phenoxy) is 1. The van der Waals surface area contributed by atoms with Gasteiger partial charge in [-0.2, -0.15) is 0 Å². The van der Waals surface area contributed by atoms with Gasteiger partial charge >= 0.3 is 0 Å². The molecule has 2 aromatic carbocycles. The molecule has 0 spiro atoms. The number of carbonyl (C=O) groups is 2. The first kappa shape index (κ1) is 20.1. The molecule has 7 nitrogen and oxygen atoms in total. The second-order valence-electron chi connectivity index (χ2n) is 6.40. The molecule has 0 unspecified atom stereocenters. The Kier molecular flexibility index (Phi) is 6.57. The summed E-state index contributed by atoms with van der Waals surface area (Å²) in [5.41, 5.74) is 2.89. The fourth-order valence-electron chi connectivity index (χ4n) is 2.82. The van der Waals surface area contributed by atoms with Gasteiger partial charge in [-0.3, -0.25) is 9.59 Å². The molecule has 8 heteroatoms. The average molecular weight is 388 g/mol. The molecule has 1 aromatic heterocycles. The Morgan fingerprint density at radius 2 is 1.72 bits per heavy atom. The molecule has 0 radical (unpaired) electrons. The Bertz CT molecular complexity index is 1010. The zero-order valence-electron chi connectivity index (χ0n) is 16.3. The first-order valence-electron chi connectivity index (χ1n) is 9.27. The molecule has 29 heavy (non-hydrogen) atoms. The van der Waals surface area contributed by atoms with Crippen LogP contribution in [0.3, 0.4) is 0 Å². The highest BCUT2D eigenvalue weighted by molar-refractivity contribution is 6.08. The molecule has 2 N–H and O–H groups in total. The number of amides is 2. The molecular formula is C21H21BN4O3. The summed E-state index contributed by atoms with van der Waals surface area (Å²) < 4.78 is 5.67. The summed E-state index contributed by atoms with van der Waals surface area (Å²) in [5.74, 6) is 0.911. The Hall–Kier alpha value is -3.68. The lowest BCUT2D eigenvalue weighted by molar-refractivity contribution is -0.116. The van der Waals surface area contributed by atoms with E-state index < -0.39 is 0 Å². The van der Waals surface area contributed by atoms with Gasteiger partial charge in [0, 0.05) is 18.7 Å². The minimum absolute atomic E-state index is 0.0738. The van der Waals surface area contributed by atoms with Crippen molar-refractivity contribution < 1.29 is 14.3 Å². The van der Waals surface area contributed by atoms with Crippen LogP contribution in [0.25, 0.3) is 0 Å². The van der Waals surface area contributed by atoms with Crippen LogP contribution in [0.1, 0.15) is 18.1 Å². The number of nitrogens with zero attached hydrogens (tertiary/aromatic N) is 2. The monoisotopic (exact) mass is 388 g/mol. The van der Waals surface area contributed by atoms with Gasteiger partial charge < -0.3 is 15.4 Å². The molecule has 3 aromatic rings. The SMILES string of the molecule is BCc1ccccc1CC(=O)Nc1ccc(Oc2cc(NC(C)=O)ncn2)cc1. The largest absolute Gasteiger partial charge is 0.439 e. The third-order valence-electron chi connectivity index (χ3n) is 4.16. The van der Waals surface area contributed by atoms with E-state index in [4.69, 9.17) is 4.74 Å². The van der Waals surface area contributed by atoms with Crippen molar-refractivity contribution in [3.8, 4) is 11.6 Å². The van der Waals surface area contributed by atoms with Gasteiger partial charge in [0.2, 0.25) is 17.7 Å². The topological polar surface area (TPSA) is 93.2 Å². The van der Waals surface area contributed by atoms with E-state index >= 15 is 0 Å². The van der Waals surface area contributed by atoms with Gasteiger partial charge in [-0.05, 0) is 29.8 Å². The van der Waals surface area contributed by atoms with Crippen LogP contribution in [0.5, 0.6) is 11.6 Å². The predicted octanol–water partition coefficient (Wildman–Crippen LogP) is 2.54. The molecule has 2 amide bonds. The Labute approximate surface area is 169 Å². The van der Waals surface area contributed by atoms with E-state index in [1.807, 2.05) is 24.3 Å². The summed E-state index contributed by atoms with van der Waals surface area (Å²) in [7, 11) is 2.08. The van der Waals surface area contributed by atoms with Crippen molar-refractivity contribution in [3.63, 3.8) is 0 Å². The van der Waals surface area contributed by atoms with Crippen molar-refractivity contribution in [2.75, 3.05) is 10.6 Å². The third-order valence-corrected chi connectivity index (χ3v) is 4.16. The molecular weight excluding hydrogens is 367 g/mol. The highest BCUT2D eigenvalue weighted by atomic mass is 16.5. The molecule has 0 fully saturated rings. The minimum atomic E-state index is -0.226. The van der Waals surface area contributed by atoms with Crippen molar-refractivity contribution in [1.82, 2.24) is 9.97 Å². The summed E-state index contributed by atoms with van der Waals surface area (Å²) in [4.78, 5) is 31.4. The molecule has 146 valence electrons. The maximum absolute atomic E-state index is 12.4. The minimum Gasteiger partial charge on any atom is -0.439 e. The molecule has 0 bridgehead atoms. The second kappa shape index (κ2) is 9.50. The quantitative estimate of drug-likeness (QED) is 0.607. The normalized spacial score (nSPS) is 10.2. The number of benzene rings is 2. The van der Waals surface area contributed by atoms with Gasteiger partial charge in [0.1, 0.15) is 25.7 Å². The van der Waals surface area contributed by atoms with E-state index in [-0.39, 0.29) is 11.8 Å². The maximum Gasteiger partial charge on any atom is 0.228 e. The zero-order chi connectivity index (χ0) is 20.6. The number of aromatic nitrogens is 2. The van der Waals surface area contributed by atoms with Crippen molar-refractivity contribution in [2.45, 2.75) is 19.7 Å². The lowest BCUT2D eigenvalue weighted by atomic mass is 9.92. The summed E-state index contributed by atoms with van der Waals surface area (Å²) in [6.07, 6.45) is 2.53. The number of hydrogen-bond acceptors (Lipinski definition) is 5. The molecule has 0 aliphatic heterocycles. The molecule has 0 saturated heterocycles. The molecule has 0 aliphatic carbocycles. The molecule has 1 heterocycles. The highest BCUT2D eigenvalue weighted by Gasteiger charge is 2.08. The fraction of sp³-hybridized carbons (Fsp3) is 0.143. The number of nitrogens with one attached hydrogen (secondary N) is 2. The fourth-order valence-corrected chi connectivity index (χ4v) is 2.82. The number of carbonyl (C=O) groups excluding carboxylic acids is 2. The molecule has 0 atom stereocenters. The van der Waals surface area contributed by atoms with Crippen LogP contribution >= 0.6 is 0 Å². The zero-order valence-corrected chi connectivity index (χ0v) is 16.3. The lowest BCUT2D eigenvalue weighted by Crippen LogP contribution is -2.15. The van der Waals surface area contributed by atoms with Crippen LogP contribution in [-0.4, -0.2) is 29.6 Å². The lowest BCUT2D eigenvalue weighted by Gasteiger charge is -2.10. The smallest absolute Gasteiger partial charge is 0.228 e. The predicted molar refractivity (Wildman–Crippen MR) is 114 cm³/mol. The summed E-state index contributed by atoms with van der Waals surface area (Å²) in [6, 6.07) is 16.5. The van der Waals surface area contributed by atoms with Crippen LogP contribution in [0.2, 0.25) is 0 Å². The number of hydrogen-bond donors (Lipinski definition) is 2. The van der Waals surface area contributed by atoms with Crippen molar-refractivity contribution in [1.29, 1.82) is 0 Å². The van der Waals surface area contributed by atoms with Gasteiger partial charge in [-0.1, -0.05) is 36.1 Å². The third kappa shape index (κ3) is 5.90. The number of anilines is 2. The van der Waals surface area contributed by atoms with Gasteiger partial charge in [-0.25, -0.2) is 9.97 Å². The van der Waals surface area contributed by atoms with Crippen LogP contribution < -0.4 is 15.4 Å². The molecule has 0 saturated carbocycles. The second-order valence-corrected chi connectivity index (χ2v) is 6.40. The van der Waals surface area contributed by atoms with Gasteiger partial charge in [0.25, 0.3) is 0 Å². The summed E-state index contributed by atoms with van der Waals surface area (Å²) >= 11 is 0. The first-order chi connectivity index (χ1) is 14.0. The van der Waals surface area contributed by atoms with Crippen LogP contribution in [-0.2, 0) is 22.3 Å². The molecule has 3 rings (SSSR count). The van der Waals surface area contributed by atoms with Crippen molar-refractivity contribution in [2.24, 2.45) is 0 Å². The van der Waals surface area contributed by atoms with E-state index in [9.17, 15) is 9.59 Å². The summed E-state index contributed by atoms with van der Waals surface area (Å²) in [6.45, 7) is 1.40. The van der Waals surface area contributed by atoms with E-state index in [0.717, 1.165) is 11.9 Å². The van der Waals surface area contributed by atoms with Crippen LogP contribution in [0.15, 0.2) is 60.9 Å². The van der Waals surface area contributed by atoms with Gasteiger partial charge in [0.15, 0.2) is 0 Å². The highest BCUT2D eigenvalue weighted by Crippen LogP contribution is 2.23. The molecule has 0 aliphatic rings. The van der Waals surface area contributed by atoms with E-state index in [2.05, 4.69) is 28.4 Å². The van der Waals surface area contributed by atoms with Gasteiger partial charge in [-0.15, -0.1) is 0 Å². The number of rotatable bonds is 7. The van der Waals surface area contributed by atoms with Crippen molar-refractivity contribution >= 4 is 31.2 Å². The van der Waals surface area contributed by atoms with E-state index in [0.29, 0.717) is 29.6 Å². The van der Waals surface area contributed by atoms with Crippen LogP contribution in [0.4, 0.5) is 11.5 Å². The van der Waals surface area contributed by atoms with E-state index in [1.54, 1.807) is 24.3 Å². The Morgan fingerprint density at radius 1 is 1.00 bits per heavy atom. The van der Waals surface area contributed by atoms with Crippen LogP contribution in [0, 0.1) is 0 Å².